The molecule has 0 aliphatic heterocycles. The third-order valence-electron chi connectivity index (χ3n) is 4.36. The van der Waals surface area contributed by atoms with Crippen molar-refractivity contribution in [2.24, 2.45) is 7.05 Å². The van der Waals surface area contributed by atoms with Crippen LogP contribution in [0.25, 0.3) is 0 Å². The molecule has 0 saturated carbocycles. The van der Waals surface area contributed by atoms with Crippen LogP contribution in [0.2, 0.25) is 15.1 Å². The number of aryl methyl sites for hydroxylation is 1. The topological polar surface area (TPSA) is 69.0 Å². The molecule has 0 bridgehead atoms. The average Bonchev–Trinajstić information content (AvgIpc) is 3.10. The lowest BCUT2D eigenvalue weighted by Crippen LogP contribution is -2.24. The van der Waals surface area contributed by atoms with Crippen LogP contribution in [0.15, 0.2) is 47.6 Å². The van der Waals surface area contributed by atoms with Gasteiger partial charge in [0.25, 0.3) is 0 Å². The first-order valence-corrected chi connectivity index (χ1v) is 11.6. The van der Waals surface area contributed by atoms with Gasteiger partial charge in [0.2, 0.25) is 5.91 Å². The molecule has 0 spiro atoms. The van der Waals surface area contributed by atoms with E-state index in [1.807, 2.05) is 23.7 Å². The van der Waals surface area contributed by atoms with Gasteiger partial charge in [-0.1, -0.05) is 58.7 Å². The highest BCUT2D eigenvalue weighted by atomic mass is 35.5. The summed E-state index contributed by atoms with van der Waals surface area (Å²) in [7, 11) is 1.89. The summed E-state index contributed by atoms with van der Waals surface area (Å²) in [6.07, 6.45) is 1.44. The van der Waals surface area contributed by atoms with Crippen molar-refractivity contribution < 1.29 is 9.53 Å². The minimum Gasteiger partial charge on any atom is -0.492 e. The second kappa shape index (κ2) is 11.6. The Kier molecular flexibility index (Phi) is 8.90. The normalized spacial score (nSPS) is 10.8. The van der Waals surface area contributed by atoms with Crippen molar-refractivity contribution >= 4 is 52.5 Å². The van der Waals surface area contributed by atoms with Gasteiger partial charge in [-0.3, -0.25) is 4.79 Å². The first-order valence-electron chi connectivity index (χ1n) is 9.52. The lowest BCUT2D eigenvalue weighted by Gasteiger charge is -2.08. The molecule has 1 heterocycles. The number of carbonyl (C=O) groups is 1. The summed E-state index contributed by atoms with van der Waals surface area (Å²) >= 11 is 19.2. The number of benzene rings is 2. The molecule has 0 unspecified atom stereocenters. The number of thioether (sulfide) groups is 1. The van der Waals surface area contributed by atoms with E-state index < -0.39 is 0 Å². The number of hydrogen-bond donors (Lipinski definition) is 1. The number of halogens is 3. The molecule has 1 amide bonds. The molecular formula is C21H21Cl3N4O2S. The minimum atomic E-state index is -0.0715. The summed E-state index contributed by atoms with van der Waals surface area (Å²) in [5.41, 5.74) is 0.991. The molecule has 6 nitrogen and oxygen atoms in total. The fourth-order valence-corrected chi connectivity index (χ4v) is 4.03. The van der Waals surface area contributed by atoms with Gasteiger partial charge < -0.3 is 14.6 Å². The van der Waals surface area contributed by atoms with Crippen LogP contribution >= 0.6 is 46.6 Å². The maximum atomic E-state index is 12.1. The van der Waals surface area contributed by atoms with Crippen molar-refractivity contribution in [2.75, 3.05) is 12.4 Å². The first kappa shape index (κ1) is 23.7. The van der Waals surface area contributed by atoms with Crippen molar-refractivity contribution in [3.63, 3.8) is 0 Å². The van der Waals surface area contributed by atoms with E-state index in [-0.39, 0.29) is 11.7 Å². The molecule has 0 atom stereocenters. The van der Waals surface area contributed by atoms with Gasteiger partial charge in [-0.15, -0.1) is 10.2 Å². The van der Waals surface area contributed by atoms with Crippen LogP contribution in [0.5, 0.6) is 5.75 Å². The van der Waals surface area contributed by atoms with Crippen LogP contribution in [0.1, 0.15) is 17.8 Å². The van der Waals surface area contributed by atoms with Gasteiger partial charge in [-0.05, 0) is 42.3 Å². The maximum Gasteiger partial charge on any atom is 0.230 e. The molecule has 3 rings (SSSR count). The number of nitrogens with zero attached hydrogens (tertiary/aromatic N) is 3. The van der Waals surface area contributed by atoms with Crippen molar-refractivity contribution in [3.05, 3.63) is 68.9 Å². The van der Waals surface area contributed by atoms with E-state index in [1.54, 1.807) is 30.3 Å². The van der Waals surface area contributed by atoms with Crippen LogP contribution < -0.4 is 10.1 Å². The van der Waals surface area contributed by atoms with Crippen LogP contribution in [0.3, 0.4) is 0 Å². The first-order chi connectivity index (χ1) is 14.9. The van der Waals surface area contributed by atoms with Crippen LogP contribution in [-0.2, 0) is 24.8 Å². The third-order valence-corrected chi connectivity index (χ3v) is 6.16. The summed E-state index contributed by atoms with van der Waals surface area (Å²) < 4.78 is 7.59. The number of carbonyl (C=O) groups excluding carboxylic acids is 1. The molecular weight excluding hydrogens is 479 g/mol. The summed E-state index contributed by atoms with van der Waals surface area (Å²) in [6, 6.07) is 12.5. The zero-order chi connectivity index (χ0) is 22.2. The van der Waals surface area contributed by atoms with Gasteiger partial charge >= 0.3 is 0 Å². The van der Waals surface area contributed by atoms with Gasteiger partial charge in [0, 0.05) is 30.1 Å². The van der Waals surface area contributed by atoms with Crippen molar-refractivity contribution in [1.29, 1.82) is 0 Å². The Labute approximate surface area is 200 Å². The zero-order valence-corrected chi connectivity index (χ0v) is 19.9. The molecule has 3 aromatic rings. The van der Waals surface area contributed by atoms with Gasteiger partial charge in [-0.2, -0.15) is 0 Å². The van der Waals surface area contributed by atoms with E-state index in [1.165, 1.54) is 11.8 Å². The fraction of sp³-hybridized carbons (Fsp3) is 0.286. The standard InChI is InChI=1S/C21H21Cl3N4O2S/c1-28-19(3-2-10-30-18-9-8-16(23)11-17(18)24)26-27-21(28)31-13-20(29)25-12-14-4-6-15(22)7-5-14/h4-9,11H,2-3,10,12-13H2,1H3,(H,25,29). The molecule has 31 heavy (non-hydrogen) atoms. The Hall–Kier alpha value is -1.93. The van der Waals surface area contributed by atoms with E-state index in [0.717, 1.165) is 17.8 Å². The Morgan fingerprint density at radius 1 is 1.10 bits per heavy atom. The average molecular weight is 500 g/mol. The molecule has 2 aromatic carbocycles. The van der Waals surface area contributed by atoms with Gasteiger partial charge in [-0.25, -0.2) is 0 Å². The van der Waals surface area contributed by atoms with E-state index in [0.29, 0.717) is 45.5 Å². The Morgan fingerprint density at radius 3 is 2.58 bits per heavy atom. The molecule has 164 valence electrons. The number of nitrogens with one attached hydrogen (secondary N) is 1. The molecule has 1 N–H and O–H groups in total. The molecule has 0 aliphatic rings. The molecule has 0 saturated heterocycles. The smallest absolute Gasteiger partial charge is 0.230 e. The van der Waals surface area contributed by atoms with Crippen LogP contribution in [0.4, 0.5) is 0 Å². The second-order valence-electron chi connectivity index (χ2n) is 6.68. The molecule has 10 heteroatoms. The van der Waals surface area contributed by atoms with Gasteiger partial charge in [0.1, 0.15) is 11.6 Å². The SMILES string of the molecule is Cn1c(CCCOc2ccc(Cl)cc2Cl)nnc1SCC(=O)NCc1ccc(Cl)cc1. The summed E-state index contributed by atoms with van der Waals surface area (Å²) in [6.45, 7) is 0.946. The maximum absolute atomic E-state index is 12.1. The summed E-state index contributed by atoms with van der Waals surface area (Å²) in [5, 5.41) is 13.7. The Bertz CT molecular complexity index is 1030. The molecule has 1 aromatic heterocycles. The number of rotatable bonds is 10. The molecule has 0 radical (unpaired) electrons. The molecule has 0 fully saturated rings. The second-order valence-corrected chi connectivity index (χ2v) is 8.90. The summed E-state index contributed by atoms with van der Waals surface area (Å²) in [5.74, 6) is 1.62. The van der Waals surface area contributed by atoms with Crippen LogP contribution in [-0.4, -0.2) is 33.0 Å². The number of hydrogen-bond acceptors (Lipinski definition) is 5. The third kappa shape index (κ3) is 7.31. The zero-order valence-electron chi connectivity index (χ0n) is 16.8. The van der Waals surface area contributed by atoms with E-state index in [2.05, 4.69) is 15.5 Å². The fourth-order valence-electron chi connectivity index (χ4n) is 2.68. The summed E-state index contributed by atoms with van der Waals surface area (Å²) in [4.78, 5) is 12.1. The predicted octanol–water partition coefficient (Wildman–Crippen LogP) is 5.20. The van der Waals surface area contributed by atoms with Crippen molar-refractivity contribution in [3.8, 4) is 5.75 Å². The van der Waals surface area contributed by atoms with Gasteiger partial charge in [0.05, 0.1) is 17.4 Å². The quantitative estimate of drug-likeness (QED) is 0.307. The van der Waals surface area contributed by atoms with E-state index >= 15 is 0 Å². The number of aromatic nitrogens is 3. The lowest BCUT2D eigenvalue weighted by atomic mass is 10.2. The minimum absolute atomic E-state index is 0.0715. The van der Waals surface area contributed by atoms with E-state index in [4.69, 9.17) is 39.5 Å². The lowest BCUT2D eigenvalue weighted by molar-refractivity contribution is -0.118. The van der Waals surface area contributed by atoms with E-state index in [9.17, 15) is 4.79 Å². The Balaban J connectivity index is 1.40. The number of ether oxygens (including phenoxy) is 1. The predicted molar refractivity (Wildman–Crippen MR) is 125 cm³/mol. The van der Waals surface area contributed by atoms with Crippen LogP contribution in [0, 0.1) is 0 Å². The molecule has 0 aliphatic carbocycles. The highest BCUT2D eigenvalue weighted by Gasteiger charge is 2.12. The number of amides is 1. The van der Waals surface area contributed by atoms with Gasteiger partial charge in [0.15, 0.2) is 5.16 Å². The highest BCUT2D eigenvalue weighted by molar-refractivity contribution is 7.99. The van der Waals surface area contributed by atoms with Crippen molar-refractivity contribution in [1.82, 2.24) is 20.1 Å². The Morgan fingerprint density at radius 2 is 1.84 bits per heavy atom. The highest BCUT2D eigenvalue weighted by Crippen LogP contribution is 2.27. The largest absolute Gasteiger partial charge is 0.492 e. The van der Waals surface area contributed by atoms with Crippen molar-refractivity contribution in [2.45, 2.75) is 24.5 Å². The monoisotopic (exact) mass is 498 g/mol.